The maximum atomic E-state index is 11.5. The Bertz CT molecular complexity index is 319. The third-order valence-corrected chi connectivity index (χ3v) is 2.52. The molecular weight excluding hydrogens is 162 g/mol. The molecule has 0 heterocycles. The number of carbonyl (C=O) groups is 1. The molecule has 1 unspecified atom stereocenters. The van der Waals surface area contributed by atoms with Gasteiger partial charge in [0.05, 0.1) is 6.07 Å². The van der Waals surface area contributed by atoms with E-state index in [0.29, 0.717) is 5.57 Å². The van der Waals surface area contributed by atoms with Gasteiger partial charge in [-0.1, -0.05) is 18.2 Å². The maximum Gasteiger partial charge on any atom is 0.175 e. The predicted molar refractivity (Wildman–Crippen MR) is 50.8 cm³/mol. The SMILES string of the molecule is C=C(C)[C@@H]1CC=C(C)C(=O)C1C#N. The molecule has 1 aliphatic rings. The van der Waals surface area contributed by atoms with E-state index in [0.717, 1.165) is 12.0 Å². The van der Waals surface area contributed by atoms with E-state index in [2.05, 4.69) is 12.6 Å². The van der Waals surface area contributed by atoms with Crippen LogP contribution >= 0.6 is 0 Å². The number of Topliss-reactive ketones (excluding diaryl/α,β-unsaturated/α-hetero) is 1. The molecule has 0 N–H and O–H groups in total. The molecule has 0 aromatic carbocycles. The number of hydrogen-bond donors (Lipinski definition) is 0. The van der Waals surface area contributed by atoms with Crippen molar-refractivity contribution >= 4 is 5.78 Å². The lowest BCUT2D eigenvalue weighted by Gasteiger charge is -2.24. The maximum absolute atomic E-state index is 11.5. The summed E-state index contributed by atoms with van der Waals surface area (Å²) in [7, 11) is 0. The van der Waals surface area contributed by atoms with Crippen LogP contribution in [0.15, 0.2) is 23.8 Å². The minimum Gasteiger partial charge on any atom is -0.293 e. The lowest BCUT2D eigenvalue weighted by Crippen LogP contribution is -2.27. The van der Waals surface area contributed by atoms with E-state index >= 15 is 0 Å². The lowest BCUT2D eigenvalue weighted by atomic mass is 9.77. The van der Waals surface area contributed by atoms with E-state index in [9.17, 15) is 4.79 Å². The van der Waals surface area contributed by atoms with Gasteiger partial charge in [0.2, 0.25) is 0 Å². The highest BCUT2D eigenvalue weighted by molar-refractivity contribution is 5.99. The van der Waals surface area contributed by atoms with Crippen LogP contribution in [0.2, 0.25) is 0 Å². The van der Waals surface area contributed by atoms with Crippen LogP contribution in [0.3, 0.4) is 0 Å². The molecule has 13 heavy (non-hydrogen) atoms. The summed E-state index contributed by atoms with van der Waals surface area (Å²) in [5.74, 6) is -0.537. The molecule has 0 aromatic rings. The van der Waals surface area contributed by atoms with Crippen LogP contribution in [0, 0.1) is 23.2 Å². The van der Waals surface area contributed by atoms with E-state index in [1.165, 1.54) is 0 Å². The third-order valence-electron chi connectivity index (χ3n) is 2.52. The molecule has 0 aromatic heterocycles. The largest absolute Gasteiger partial charge is 0.293 e. The Labute approximate surface area is 78.6 Å². The third kappa shape index (κ3) is 1.70. The van der Waals surface area contributed by atoms with Gasteiger partial charge in [-0.3, -0.25) is 4.79 Å². The Morgan fingerprint density at radius 3 is 2.85 bits per heavy atom. The summed E-state index contributed by atoms with van der Waals surface area (Å²) < 4.78 is 0. The standard InChI is InChI=1S/C11H13NO/c1-7(2)9-5-4-8(3)11(13)10(9)6-12/h4,9-10H,1,5H2,2-3H3/t9-,10?/m0/s1. The van der Waals surface area contributed by atoms with Crippen molar-refractivity contribution in [1.82, 2.24) is 0 Å². The first kappa shape index (κ1) is 9.73. The van der Waals surface area contributed by atoms with Crippen molar-refractivity contribution < 1.29 is 4.79 Å². The summed E-state index contributed by atoms with van der Waals surface area (Å²) in [4.78, 5) is 11.5. The van der Waals surface area contributed by atoms with Gasteiger partial charge >= 0.3 is 0 Å². The molecule has 2 heteroatoms. The van der Waals surface area contributed by atoms with Gasteiger partial charge in [-0.05, 0) is 25.8 Å². The Kier molecular flexibility index (Phi) is 2.67. The van der Waals surface area contributed by atoms with Gasteiger partial charge < -0.3 is 0 Å². The van der Waals surface area contributed by atoms with Crippen molar-refractivity contribution in [3.05, 3.63) is 23.8 Å². The van der Waals surface area contributed by atoms with Gasteiger partial charge in [-0.15, -0.1) is 0 Å². The first-order valence-electron chi connectivity index (χ1n) is 4.34. The van der Waals surface area contributed by atoms with E-state index in [1.54, 1.807) is 6.92 Å². The number of nitriles is 1. The summed E-state index contributed by atoms with van der Waals surface area (Å²) >= 11 is 0. The molecule has 1 rings (SSSR count). The molecule has 0 saturated carbocycles. The Balaban J connectivity index is 3.00. The molecule has 1 aliphatic carbocycles. The number of allylic oxidation sites excluding steroid dienone is 3. The first-order valence-corrected chi connectivity index (χ1v) is 4.34. The van der Waals surface area contributed by atoms with Crippen molar-refractivity contribution in [3.8, 4) is 6.07 Å². The summed E-state index contributed by atoms with van der Waals surface area (Å²) in [5.41, 5.74) is 1.63. The van der Waals surface area contributed by atoms with Crippen molar-refractivity contribution in [2.45, 2.75) is 20.3 Å². The van der Waals surface area contributed by atoms with Crippen LogP contribution < -0.4 is 0 Å². The van der Waals surface area contributed by atoms with Gasteiger partial charge in [-0.25, -0.2) is 0 Å². The van der Waals surface area contributed by atoms with Crippen LogP contribution in [0.4, 0.5) is 0 Å². The highest BCUT2D eigenvalue weighted by Gasteiger charge is 2.32. The number of hydrogen-bond acceptors (Lipinski definition) is 2. The molecule has 0 amide bonds. The Hall–Kier alpha value is -1.36. The van der Waals surface area contributed by atoms with Crippen molar-refractivity contribution in [2.75, 3.05) is 0 Å². The normalized spacial score (nSPS) is 27.8. The molecule has 0 aliphatic heterocycles. The fourth-order valence-electron chi connectivity index (χ4n) is 1.60. The molecular formula is C11H13NO. The fraction of sp³-hybridized carbons (Fsp3) is 0.455. The molecule has 68 valence electrons. The van der Waals surface area contributed by atoms with Crippen LogP contribution in [0.1, 0.15) is 20.3 Å². The second-order valence-electron chi connectivity index (χ2n) is 3.55. The van der Waals surface area contributed by atoms with Gasteiger partial charge in [0.15, 0.2) is 5.78 Å². The van der Waals surface area contributed by atoms with Crippen LogP contribution in [0.5, 0.6) is 0 Å². The number of ketones is 1. The number of carbonyl (C=O) groups excluding carboxylic acids is 1. The smallest absolute Gasteiger partial charge is 0.175 e. The van der Waals surface area contributed by atoms with Crippen molar-refractivity contribution in [1.29, 1.82) is 5.26 Å². The molecule has 0 fully saturated rings. The summed E-state index contributed by atoms with van der Waals surface area (Å²) in [5, 5.41) is 8.86. The predicted octanol–water partition coefficient (Wildman–Crippen LogP) is 2.24. The monoisotopic (exact) mass is 175 g/mol. The summed E-state index contributed by atoms with van der Waals surface area (Å²) in [6.07, 6.45) is 2.67. The molecule has 0 bridgehead atoms. The topological polar surface area (TPSA) is 40.9 Å². The summed E-state index contributed by atoms with van der Waals surface area (Å²) in [6.45, 7) is 7.44. The van der Waals surface area contributed by atoms with Crippen LogP contribution in [0.25, 0.3) is 0 Å². The van der Waals surface area contributed by atoms with Crippen molar-refractivity contribution in [2.24, 2.45) is 11.8 Å². The second kappa shape index (κ2) is 3.57. The van der Waals surface area contributed by atoms with Gasteiger partial charge in [0.1, 0.15) is 5.92 Å². The Morgan fingerprint density at radius 1 is 1.77 bits per heavy atom. The zero-order valence-corrected chi connectivity index (χ0v) is 8.00. The molecule has 0 spiro atoms. The molecule has 2 atom stereocenters. The van der Waals surface area contributed by atoms with Gasteiger partial charge in [0, 0.05) is 5.92 Å². The molecule has 0 radical (unpaired) electrons. The van der Waals surface area contributed by atoms with Crippen LogP contribution in [-0.2, 0) is 4.79 Å². The quantitative estimate of drug-likeness (QED) is 0.573. The van der Waals surface area contributed by atoms with E-state index < -0.39 is 5.92 Å². The van der Waals surface area contributed by atoms with E-state index in [1.807, 2.05) is 13.0 Å². The van der Waals surface area contributed by atoms with E-state index in [-0.39, 0.29) is 11.7 Å². The minimum atomic E-state index is -0.512. The lowest BCUT2D eigenvalue weighted by molar-refractivity contribution is -0.119. The van der Waals surface area contributed by atoms with Gasteiger partial charge in [0.25, 0.3) is 0 Å². The summed E-state index contributed by atoms with van der Waals surface area (Å²) in [6, 6.07) is 2.06. The highest BCUT2D eigenvalue weighted by atomic mass is 16.1. The van der Waals surface area contributed by atoms with Crippen molar-refractivity contribution in [3.63, 3.8) is 0 Å². The second-order valence-corrected chi connectivity index (χ2v) is 3.55. The zero-order valence-electron chi connectivity index (χ0n) is 8.00. The highest BCUT2D eigenvalue weighted by Crippen LogP contribution is 2.30. The molecule has 2 nitrogen and oxygen atoms in total. The zero-order chi connectivity index (χ0) is 10.0. The molecule has 0 saturated heterocycles. The number of rotatable bonds is 1. The fourth-order valence-corrected chi connectivity index (χ4v) is 1.60. The Morgan fingerprint density at radius 2 is 2.38 bits per heavy atom. The number of nitrogens with zero attached hydrogens (tertiary/aromatic N) is 1. The average molecular weight is 175 g/mol. The van der Waals surface area contributed by atoms with Crippen LogP contribution in [-0.4, -0.2) is 5.78 Å². The van der Waals surface area contributed by atoms with Gasteiger partial charge in [-0.2, -0.15) is 5.26 Å². The average Bonchev–Trinajstić information content (AvgIpc) is 2.09. The first-order chi connectivity index (χ1) is 6.07. The minimum absolute atomic E-state index is 0.0150. The van der Waals surface area contributed by atoms with E-state index in [4.69, 9.17) is 5.26 Å².